The number of rotatable bonds is 3. The smallest absolute Gasteiger partial charge is 0.122 e. The number of hydrogen-bond acceptors (Lipinski definition) is 3. The van der Waals surface area contributed by atoms with Crippen LogP contribution >= 0.6 is 0 Å². The number of imidazole rings is 1. The summed E-state index contributed by atoms with van der Waals surface area (Å²) in [5.41, 5.74) is 6.50. The first kappa shape index (κ1) is 13.1. The van der Waals surface area contributed by atoms with Crippen LogP contribution in [0.15, 0.2) is 12.4 Å². The van der Waals surface area contributed by atoms with Crippen molar-refractivity contribution < 1.29 is 0 Å². The summed E-state index contributed by atoms with van der Waals surface area (Å²) in [7, 11) is 0. The lowest BCUT2D eigenvalue weighted by Gasteiger charge is -2.43. The molecule has 2 atom stereocenters. The van der Waals surface area contributed by atoms with Gasteiger partial charge in [-0.15, -0.1) is 0 Å². The molecule has 0 bridgehead atoms. The Kier molecular flexibility index (Phi) is 3.63. The van der Waals surface area contributed by atoms with Crippen molar-refractivity contribution in [1.82, 2.24) is 14.5 Å². The van der Waals surface area contributed by atoms with Crippen LogP contribution in [0, 0.1) is 11.3 Å². The van der Waals surface area contributed by atoms with Gasteiger partial charge in [0.2, 0.25) is 0 Å². The fourth-order valence-electron chi connectivity index (χ4n) is 4.00. The second-order valence-electron chi connectivity index (χ2n) is 6.65. The third-order valence-corrected chi connectivity index (χ3v) is 5.00. The molecule has 2 aliphatic rings. The average molecular weight is 262 g/mol. The summed E-state index contributed by atoms with van der Waals surface area (Å²) in [4.78, 5) is 7.02. The summed E-state index contributed by atoms with van der Waals surface area (Å²) < 4.78 is 2.27. The Morgan fingerprint density at radius 1 is 1.47 bits per heavy atom. The molecule has 1 aromatic heterocycles. The molecule has 1 fully saturated rings. The van der Waals surface area contributed by atoms with Crippen molar-refractivity contribution in [3.05, 3.63) is 18.2 Å². The number of aromatic nitrogens is 2. The first-order valence-corrected chi connectivity index (χ1v) is 7.63. The molecule has 1 saturated carbocycles. The van der Waals surface area contributed by atoms with Gasteiger partial charge in [-0.05, 0) is 30.7 Å². The zero-order valence-corrected chi connectivity index (χ0v) is 12.0. The van der Waals surface area contributed by atoms with Gasteiger partial charge in [0.1, 0.15) is 5.82 Å². The Morgan fingerprint density at radius 2 is 2.37 bits per heavy atom. The normalized spacial score (nSPS) is 32.2. The lowest BCUT2D eigenvalue weighted by Crippen LogP contribution is -2.47. The first-order valence-electron chi connectivity index (χ1n) is 7.63. The van der Waals surface area contributed by atoms with Crippen LogP contribution < -0.4 is 5.73 Å². The van der Waals surface area contributed by atoms with E-state index in [1.165, 1.54) is 31.5 Å². The van der Waals surface area contributed by atoms with Crippen molar-refractivity contribution in [2.75, 3.05) is 19.6 Å². The van der Waals surface area contributed by atoms with Crippen LogP contribution in [-0.2, 0) is 13.1 Å². The van der Waals surface area contributed by atoms with Gasteiger partial charge in [-0.25, -0.2) is 4.98 Å². The quantitative estimate of drug-likeness (QED) is 0.904. The highest BCUT2D eigenvalue weighted by Gasteiger charge is 2.36. The van der Waals surface area contributed by atoms with E-state index in [2.05, 4.69) is 27.6 Å². The van der Waals surface area contributed by atoms with Gasteiger partial charge in [0.25, 0.3) is 0 Å². The third-order valence-electron chi connectivity index (χ3n) is 5.00. The Labute approximate surface area is 116 Å². The van der Waals surface area contributed by atoms with Crippen LogP contribution in [0.4, 0.5) is 0 Å². The number of nitrogens with two attached hydrogens (primary N) is 1. The predicted octanol–water partition coefficient (Wildman–Crippen LogP) is 1.85. The summed E-state index contributed by atoms with van der Waals surface area (Å²) in [6, 6.07) is 0. The molecule has 2 unspecified atom stereocenters. The lowest BCUT2D eigenvalue weighted by atomic mass is 9.69. The molecule has 4 heteroatoms. The van der Waals surface area contributed by atoms with E-state index in [4.69, 9.17) is 5.73 Å². The van der Waals surface area contributed by atoms with Crippen molar-refractivity contribution in [2.45, 2.75) is 45.7 Å². The monoisotopic (exact) mass is 262 g/mol. The Hall–Kier alpha value is -0.870. The van der Waals surface area contributed by atoms with Gasteiger partial charge >= 0.3 is 0 Å². The van der Waals surface area contributed by atoms with Gasteiger partial charge in [-0.2, -0.15) is 0 Å². The maximum atomic E-state index is 6.14. The predicted molar refractivity (Wildman–Crippen MR) is 76.6 cm³/mol. The first-order chi connectivity index (χ1) is 9.21. The van der Waals surface area contributed by atoms with Crippen LogP contribution in [0.25, 0.3) is 0 Å². The van der Waals surface area contributed by atoms with E-state index < -0.39 is 0 Å². The van der Waals surface area contributed by atoms with Gasteiger partial charge in [-0.1, -0.05) is 19.8 Å². The topological polar surface area (TPSA) is 47.1 Å². The summed E-state index contributed by atoms with van der Waals surface area (Å²) in [5, 5.41) is 0. The van der Waals surface area contributed by atoms with E-state index in [-0.39, 0.29) is 0 Å². The minimum Gasteiger partial charge on any atom is -0.333 e. The summed E-state index contributed by atoms with van der Waals surface area (Å²) in [6.07, 6.45) is 9.34. The fraction of sp³-hybridized carbons (Fsp3) is 0.800. The summed E-state index contributed by atoms with van der Waals surface area (Å²) in [6.45, 7) is 7.57. The van der Waals surface area contributed by atoms with Gasteiger partial charge < -0.3 is 10.3 Å². The average Bonchev–Trinajstić information content (AvgIpc) is 2.86. The maximum Gasteiger partial charge on any atom is 0.122 e. The van der Waals surface area contributed by atoms with Gasteiger partial charge in [0.05, 0.1) is 6.54 Å². The third kappa shape index (κ3) is 2.70. The van der Waals surface area contributed by atoms with Crippen LogP contribution in [-0.4, -0.2) is 34.1 Å². The molecule has 1 aliphatic heterocycles. The molecule has 19 heavy (non-hydrogen) atoms. The minimum atomic E-state index is 0.354. The van der Waals surface area contributed by atoms with Crippen molar-refractivity contribution in [3.8, 4) is 0 Å². The molecule has 0 saturated heterocycles. The molecule has 0 amide bonds. The summed E-state index contributed by atoms with van der Waals surface area (Å²) in [5.74, 6) is 2.05. The van der Waals surface area contributed by atoms with Gasteiger partial charge in [0, 0.05) is 32.0 Å². The van der Waals surface area contributed by atoms with Crippen molar-refractivity contribution >= 4 is 0 Å². The molecular formula is C15H26N4. The highest BCUT2D eigenvalue weighted by Crippen LogP contribution is 2.39. The summed E-state index contributed by atoms with van der Waals surface area (Å²) >= 11 is 0. The number of hydrogen-bond donors (Lipinski definition) is 1. The second kappa shape index (κ2) is 5.25. The van der Waals surface area contributed by atoms with E-state index in [1.54, 1.807) is 0 Å². The molecule has 2 N–H and O–H groups in total. The molecule has 1 aliphatic carbocycles. The number of nitrogens with zero attached hydrogens (tertiary/aromatic N) is 3. The standard InChI is InChI=1S/C15H26N4/c1-13-3-2-4-15(9-13,11-16)12-18-7-8-19-6-5-17-14(19)10-18/h5-6,13H,2-4,7-12,16H2,1H3. The molecule has 3 rings (SSSR count). The molecule has 0 radical (unpaired) electrons. The Bertz CT molecular complexity index is 428. The van der Waals surface area contributed by atoms with Crippen LogP contribution in [0.3, 0.4) is 0 Å². The molecule has 2 heterocycles. The van der Waals surface area contributed by atoms with E-state index in [0.717, 1.165) is 38.6 Å². The van der Waals surface area contributed by atoms with Crippen molar-refractivity contribution in [3.63, 3.8) is 0 Å². The van der Waals surface area contributed by atoms with Crippen LogP contribution in [0.5, 0.6) is 0 Å². The highest BCUT2D eigenvalue weighted by molar-refractivity contribution is 4.97. The molecule has 4 nitrogen and oxygen atoms in total. The highest BCUT2D eigenvalue weighted by atomic mass is 15.2. The number of fused-ring (bicyclic) bond motifs is 1. The zero-order valence-electron chi connectivity index (χ0n) is 12.0. The van der Waals surface area contributed by atoms with E-state index in [1.807, 2.05) is 6.20 Å². The lowest BCUT2D eigenvalue weighted by molar-refractivity contribution is 0.0731. The Morgan fingerprint density at radius 3 is 3.16 bits per heavy atom. The van der Waals surface area contributed by atoms with E-state index >= 15 is 0 Å². The van der Waals surface area contributed by atoms with Gasteiger partial charge in [0.15, 0.2) is 0 Å². The fourth-order valence-corrected chi connectivity index (χ4v) is 4.00. The molecule has 0 aromatic carbocycles. The largest absolute Gasteiger partial charge is 0.333 e. The SMILES string of the molecule is CC1CCCC(CN)(CN2CCn3ccnc3C2)C1. The molecule has 106 valence electrons. The van der Waals surface area contributed by atoms with Crippen LogP contribution in [0.1, 0.15) is 38.4 Å². The molecule has 0 spiro atoms. The maximum absolute atomic E-state index is 6.14. The van der Waals surface area contributed by atoms with Crippen molar-refractivity contribution in [1.29, 1.82) is 0 Å². The zero-order chi connectivity index (χ0) is 13.3. The van der Waals surface area contributed by atoms with E-state index in [0.29, 0.717) is 5.41 Å². The molecule has 1 aromatic rings. The molecular weight excluding hydrogens is 236 g/mol. The van der Waals surface area contributed by atoms with Crippen molar-refractivity contribution in [2.24, 2.45) is 17.1 Å². The van der Waals surface area contributed by atoms with Crippen LogP contribution in [0.2, 0.25) is 0 Å². The van der Waals surface area contributed by atoms with E-state index in [9.17, 15) is 0 Å². The minimum absolute atomic E-state index is 0.354. The Balaban J connectivity index is 1.67. The van der Waals surface area contributed by atoms with Gasteiger partial charge in [-0.3, -0.25) is 4.90 Å². The second-order valence-corrected chi connectivity index (χ2v) is 6.65.